The van der Waals surface area contributed by atoms with Gasteiger partial charge in [-0.2, -0.15) is 0 Å². The highest BCUT2D eigenvalue weighted by molar-refractivity contribution is 5.25. The van der Waals surface area contributed by atoms with Crippen molar-refractivity contribution in [3.63, 3.8) is 0 Å². The maximum Gasteiger partial charge on any atom is 0.184 e. The molecule has 0 amide bonds. The Morgan fingerprint density at radius 3 is 2.80 bits per heavy atom. The van der Waals surface area contributed by atoms with Crippen molar-refractivity contribution in [2.75, 3.05) is 20.3 Å². The highest BCUT2D eigenvalue weighted by atomic mass is 16.7. The summed E-state index contributed by atoms with van der Waals surface area (Å²) in [5.74, 6) is 0.800. The Morgan fingerprint density at radius 1 is 1.20 bits per heavy atom. The van der Waals surface area contributed by atoms with Gasteiger partial charge in [0, 0.05) is 24.0 Å². The second kappa shape index (κ2) is 5.89. The van der Waals surface area contributed by atoms with Gasteiger partial charge in [-0.15, -0.1) is 0 Å². The van der Waals surface area contributed by atoms with Crippen molar-refractivity contribution in [3.05, 3.63) is 48.0 Å². The van der Waals surface area contributed by atoms with Crippen LogP contribution in [0.3, 0.4) is 0 Å². The van der Waals surface area contributed by atoms with Crippen molar-refractivity contribution >= 4 is 0 Å². The molecule has 5 nitrogen and oxygen atoms in total. The average molecular weight is 344 g/mol. The van der Waals surface area contributed by atoms with Crippen LogP contribution in [0.4, 0.5) is 0 Å². The Kier molecular flexibility index (Phi) is 3.77. The molecule has 0 aromatic heterocycles. The van der Waals surface area contributed by atoms with Gasteiger partial charge < -0.3 is 24.1 Å². The van der Waals surface area contributed by atoms with E-state index in [1.165, 1.54) is 0 Å². The van der Waals surface area contributed by atoms with Crippen LogP contribution in [-0.2, 0) is 18.9 Å². The zero-order valence-corrected chi connectivity index (χ0v) is 14.3. The summed E-state index contributed by atoms with van der Waals surface area (Å²) in [6, 6.07) is 9.97. The zero-order valence-electron chi connectivity index (χ0n) is 14.3. The highest BCUT2D eigenvalue weighted by Gasteiger charge is 2.68. The molecule has 1 aromatic carbocycles. The van der Waals surface area contributed by atoms with Gasteiger partial charge in [0.1, 0.15) is 6.10 Å². The summed E-state index contributed by atoms with van der Waals surface area (Å²) in [7, 11) is 1.68. The molecular weight excluding hydrogens is 320 g/mol. The largest absolute Gasteiger partial charge is 0.396 e. The molecule has 0 radical (unpaired) electrons. The van der Waals surface area contributed by atoms with Crippen molar-refractivity contribution in [3.8, 4) is 0 Å². The van der Waals surface area contributed by atoms with Gasteiger partial charge in [0.25, 0.3) is 0 Å². The predicted molar refractivity (Wildman–Crippen MR) is 89.4 cm³/mol. The standard InChI is InChI=1S/C20H24O5/c1-22-19-16-13-7-8-14(9-13)20(16,11-21)17-15(24-19)10-23-18(25-17)12-5-3-2-4-6-12/h2-8,13-19,21H,9-11H2,1H3/t13-,14+,15+,16+,17+,18+,19-,20-/m0/s1. The molecule has 2 aliphatic heterocycles. The molecule has 1 saturated carbocycles. The number of hydrogen-bond acceptors (Lipinski definition) is 5. The Hall–Kier alpha value is -1.24. The molecule has 2 bridgehead atoms. The van der Waals surface area contributed by atoms with Gasteiger partial charge in [-0.3, -0.25) is 0 Å². The van der Waals surface area contributed by atoms with E-state index < -0.39 is 6.29 Å². The van der Waals surface area contributed by atoms with Gasteiger partial charge >= 0.3 is 0 Å². The average Bonchev–Trinajstić information content (AvgIpc) is 3.28. The summed E-state index contributed by atoms with van der Waals surface area (Å²) in [5.41, 5.74) is 0.637. The van der Waals surface area contributed by atoms with E-state index >= 15 is 0 Å². The lowest BCUT2D eigenvalue weighted by Crippen LogP contribution is -2.65. The molecule has 5 heteroatoms. The second-order valence-electron chi connectivity index (χ2n) is 7.60. The first-order chi connectivity index (χ1) is 12.3. The molecule has 0 spiro atoms. The van der Waals surface area contributed by atoms with E-state index in [0.717, 1.165) is 12.0 Å². The van der Waals surface area contributed by atoms with Crippen LogP contribution in [0.5, 0.6) is 0 Å². The number of methoxy groups -OCH3 is 1. The van der Waals surface area contributed by atoms with E-state index in [1.807, 2.05) is 30.3 Å². The monoisotopic (exact) mass is 344 g/mol. The van der Waals surface area contributed by atoms with Crippen molar-refractivity contribution < 1.29 is 24.1 Å². The second-order valence-corrected chi connectivity index (χ2v) is 7.60. The van der Waals surface area contributed by atoms with Gasteiger partial charge in [-0.25, -0.2) is 0 Å². The highest BCUT2D eigenvalue weighted by Crippen LogP contribution is 2.63. The number of rotatable bonds is 3. The molecule has 2 saturated heterocycles. The Balaban J connectivity index is 1.52. The maximum absolute atomic E-state index is 10.5. The lowest BCUT2D eigenvalue weighted by atomic mass is 9.62. The maximum atomic E-state index is 10.5. The molecule has 0 unspecified atom stereocenters. The molecule has 25 heavy (non-hydrogen) atoms. The molecule has 1 N–H and O–H groups in total. The van der Waals surface area contributed by atoms with Crippen molar-refractivity contribution in [2.45, 2.75) is 31.2 Å². The Bertz CT molecular complexity index is 661. The third kappa shape index (κ3) is 2.14. The number of ether oxygens (including phenoxy) is 4. The van der Waals surface area contributed by atoms with Crippen LogP contribution >= 0.6 is 0 Å². The van der Waals surface area contributed by atoms with Crippen LogP contribution in [0.2, 0.25) is 0 Å². The molecular formula is C20H24O5. The lowest BCUT2D eigenvalue weighted by Gasteiger charge is -2.56. The third-order valence-corrected chi connectivity index (χ3v) is 6.62. The van der Waals surface area contributed by atoms with Crippen LogP contribution in [0.1, 0.15) is 18.3 Å². The van der Waals surface area contributed by atoms with Gasteiger partial charge in [-0.1, -0.05) is 42.5 Å². The van der Waals surface area contributed by atoms with Crippen molar-refractivity contribution in [1.82, 2.24) is 0 Å². The number of hydrogen-bond donors (Lipinski definition) is 1. The van der Waals surface area contributed by atoms with E-state index in [-0.39, 0.29) is 36.4 Å². The normalized spacial score (nSPS) is 47.5. The molecule has 8 atom stereocenters. The predicted octanol–water partition coefficient (Wildman–Crippen LogP) is 2.27. The molecule has 2 aliphatic carbocycles. The molecule has 3 fully saturated rings. The van der Waals surface area contributed by atoms with Gasteiger partial charge in [0.15, 0.2) is 12.6 Å². The van der Waals surface area contributed by atoms with Crippen LogP contribution in [0, 0.1) is 23.2 Å². The van der Waals surface area contributed by atoms with E-state index in [9.17, 15) is 5.11 Å². The summed E-state index contributed by atoms with van der Waals surface area (Å²) in [6.07, 6.45) is 4.38. The fourth-order valence-corrected chi connectivity index (χ4v) is 5.56. The minimum Gasteiger partial charge on any atom is -0.396 e. The summed E-state index contributed by atoms with van der Waals surface area (Å²) in [4.78, 5) is 0. The first-order valence-electron chi connectivity index (χ1n) is 9.07. The molecule has 1 aromatic rings. The van der Waals surface area contributed by atoms with Crippen molar-refractivity contribution in [1.29, 1.82) is 0 Å². The summed E-state index contributed by atoms with van der Waals surface area (Å²) in [6.45, 7) is 0.523. The van der Waals surface area contributed by atoms with Gasteiger partial charge in [0.2, 0.25) is 0 Å². The molecule has 4 aliphatic rings. The minimum absolute atomic E-state index is 0.0784. The first kappa shape index (κ1) is 16.0. The minimum atomic E-state index is -0.419. The first-order valence-corrected chi connectivity index (χ1v) is 9.07. The summed E-state index contributed by atoms with van der Waals surface area (Å²) in [5, 5.41) is 10.5. The van der Waals surface area contributed by atoms with Crippen LogP contribution in [0.15, 0.2) is 42.5 Å². The Morgan fingerprint density at radius 2 is 2.04 bits per heavy atom. The third-order valence-electron chi connectivity index (χ3n) is 6.62. The summed E-state index contributed by atoms with van der Waals surface area (Å²) < 4.78 is 24.2. The number of aliphatic hydroxyl groups is 1. The Labute approximate surface area is 147 Å². The number of benzene rings is 1. The van der Waals surface area contributed by atoms with E-state index in [4.69, 9.17) is 18.9 Å². The molecule has 2 heterocycles. The van der Waals surface area contributed by atoms with E-state index in [2.05, 4.69) is 12.2 Å². The number of allylic oxidation sites excluding steroid dienone is 2. The van der Waals surface area contributed by atoms with Crippen LogP contribution in [0.25, 0.3) is 0 Å². The van der Waals surface area contributed by atoms with Gasteiger partial charge in [-0.05, 0) is 18.3 Å². The van der Waals surface area contributed by atoms with Crippen LogP contribution < -0.4 is 0 Å². The quantitative estimate of drug-likeness (QED) is 0.853. The molecule has 134 valence electrons. The number of fused-ring (bicyclic) bond motifs is 7. The van der Waals surface area contributed by atoms with E-state index in [1.54, 1.807) is 7.11 Å². The number of aliphatic hydroxyl groups excluding tert-OH is 1. The summed E-state index contributed by atoms with van der Waals surface area (Å²) >= 11 is 0. The zero-order chi connectivity index (χ0) is 17.0. The van der Waals surface area contributed by atoms with Gasteiger partial charge in [0.05, 0.1) is 19.3 Å². The van der Waals surface area contributed by atoms with Crippen molar-refractivity contribution in [2.24, 2.45) is 23.2 Å². The topological polar surface area (TPSA) is 57.2 Å². The molecule has 5 rings (SSSR count). The SMILES string of the molecule is CO[C@H]1O[C@@H]2CO[C@@H](c3ccccc3)O[C@H]2[C@]2(CO)[C@@H]1[C@H]1C=C[C@@H]2C1. The fraction of sp³-hybridized carbons (Fsp3) is 0.600. The fourth-order valence-electron chi connectivity index (χ4n) is 5.56. The van der Waals surface area contributed by atoms with Crippen LogP contribution in [-0.4, -0.2) is 43.9 Å². The smallest absolute Gasteiger partial charge is 0.184 e. The van der Waals surface area contributed by atoms with E-state index in [0.29, 0.717) is 18.4 Å². The lowest BCUT2D eigenvalue weighted by molar-refractivity contribution is -0.369.